The summed E-state index contributed by atoms with van der Waals surface area (Å²) in [4.78, 5) is 15.2. The number of aromatic nitrogens is 7. The summed E-state index contributed by atoms with van der Waals surface area (Å²) in [5.41, 5.74) is 28.7. The van der Waals surface area contributed by atoms with Crippen LogP contribution in [0.1, 0.15) is 11.1 Å². The lowest BCUT2D eigenvalue weighted by atomic mass is 9.97. The number of benzene rings is 14. The predicted octanol–water partition coefficient (Wildman–Crippen LogP) is 23.7. The van der Waals surface area contributed by atoms with Crippen molar-refractivity contribution in [3.8, 4) is 113 Å². The first-order chi connectivity index (χ1) is 51.4. The molecule has 0 bridgehead atoms. The van der Waals surface area contributed by atoms with Gasteiger partial charge in [0.25, 0.3) is 0 Å². The first kappa shape index (κ1) is 59.5. The highest BCUT2D eigenvalue weighted by molar-refractivity contribution is 6.15. The van der Waals surface area contributed by atoms with E-state index in [1.54, 1.807) is 0 Å². The van der Waals surface area contributed by atoms with Crippen LogP contribution in [0.25, 0.3) is 188 Å². The molecule has 9 nitrogen and oxygen atoms in total. The van der Waals surface area contributed by atoms with E-state index in [-0.39, 0.29) is 0 Å². The Hall–Kier alpha value is -14.5. The number of pyridine rings is 1. The van der Waals surface area contributed by atoms with Crippen LogP contribution in [0.5, 0.6) is 0 Å². The van der Waals surface area contributed by atoms with Crippen molar-refractivity contribution in [3.63, 3.8) is 0 Å². The molecule has 0 amide bonds. The number of para-hydroxylation sites is 3. The summed E-state index contributed by atoms with van der Waals surface area (Å²) < 4.78 is 9.33. The van der Waals surface area contributed by atoms with Crippen molar-refractivity contribution in [1.29, 1.82) is 10.5 Å². The van der Waals surface area contributed by atoms with Crippen molar-refractivity contribution in [3.05, 3.63) is 357 Å². The molecule has 104 heavy (non-hydrogen) atoms. The second kappa shape index (κ2) is 24.1. The molecule has 0 aliphatic rings. The molecule has 0 aliphatic heterocycles. The van der Waals surface area contributed by atoms with Crippen molar-refractivity contribution in [1.82, 2.24) is 33.2 Å². The highest BCUT2D eigenvalue weighted by Crippen LogP contribution is 2.44. The van der Waals surface area contributed by atoms with E-state index < -0.39 is 0 Å². The topological polar surface area (TPSA) is 106 Å². The molecule has 0 radical (unpaired) electrons. The van der Waals surface area contributed by atoms with Crippen LogP contribution in [-0.4, -0.2) is 33.2 Å². The maximum Gasteiger partial charge on any atom is 0.159 e. The number of nitrogens with zero attached hydrogens (tertiary/aromatic N) is 9. The van der Waals surface area contributed by atoms with Crippen LogP contribution in [-0.2, 0) is 0 Å². The van der Waals surface area contributed by atoms with Gasteiger partial charge in [-0.1, -0.05) is 182 Å². The van der Waals surface area contributed by atoms with Gasteiger partial charge in [0.1, 0.15) is 5.52 Å². The van der Waals surface area contributed by atoms with E-state index in [9.17, 15) is 10.5 Å². The van der Waals surface area contributed by atoms with Gasteiger partial charge in [-0.25, -0.2) is 9.97 Å². The van der Waals surface area contributed by atoms with Gasteiger partial charge in [0, 0.05) is 72.2 Å². The second-order valence-electron chi connectivity index (χ2n) is 26.7. The van der Waals surface area contributed by atoms with Crippen molar-refractivity contribution < 1.29 is 0 Å². The van der Waals surface area contributed by atoms with Crippen molar-refractivity contribution in [2.75, 3.05) is 0 Å². The van der Waals surface area contributed by atoms with Crippen LogP contribution in [0, 0.1) is 22.7 Å². The predicted molar refractivity (Wildman–Crippen MR) is 425 cm³/mol. The largest absolute Gasteiger partial charge is 0.309 e. The highest BCUT2D eigenvalue weighted by atomic mass is 15.0. The second-order valence-corrected chi connectivity index (χ2v) is 26.7. The molecule has 20 aromatic rings. The van der Waals surface area contributed by atoms with Crippen LogP contribution in [0.15, 0.2) is 346 Å². The fourth-order valence-electron chi connectivity index (χ4n) is 15.8. The van der Waals surface area contributed by atoms with Crippen molar-refractivity contribution in [2.45, 2.75) is 0 Å². The molecule has 0 saturated heterocycles. The molecule has 0 saturated carbocycles. The quantitative estimate of drug-likeness (QED) is 0.128. The summed E-state index contributed by atoms with van der Waals surface area (Å²) >= 11 is 0. The highest BCUT2D eigenvalue weighted by Gasteiger charge is 2.22. The minimum absolute atomic E-state index is 0.629. The van der Waals surface area contributed by atoms with Gasteiger partial charge >= 0.3 is 0 Å². The third kappa shape index (κ3) is 9.87. The van der Waals surface area contributed by atoms with E-state index >= 15 is 0 Å². The fraction of sp³-hybridized carbons (Fsp3) is 0. The first-order valence-electron chi connectivity index (χ1n) is 34.8. The molecule has 0 fully saturated rings. The van der Waals surface area contributed by atoms with Crippen LogP contribution in [0.3, 0.4) is 0 Å². The molecule has 14 aromatic carbocycles. The molecule has 0 atom stereocenters. The molecule has 482 valence electrons. The molecule has 20 rings (SSSR count). The Kier molecular flexibility index (Phi) is 13.8. The lowest BCUT2D eigenvalue weighted by Gasteiger charge is -2.14. The molecule has 6 heterocycles. The minimum Gasteiger partial charge on any atom is -0.309 e. The average molecular weight is 1320 g/mol. The smallest absolute Gasteiger partial charge is 0.159 e. The Balaban J connectivity index is 0.636. The summed E-state index contributed by atoms with van der Waals surface area (Å²) in [5.74, 6) is 0.646. The van der Waals surface area contributed by atoms with Gasteiger partial charge in [-0.15, -0.1) is 0 Å². The molecule has 0 aliphatic carbocycles. The Morgan fingerprint density at radius 2 is 0.635 bits per heavy atom. The van der Waals surface area contributed by atoms with Crippen LogP contribution >= 0.6 is 0 Å². The van der Waals surface area contributed by atoms with Gasteiger partial charge < -0.3 is 18.3 Å². The average Bonchev–Trinajstić information content (AvgIpc) is 1.59. The summed E-state index contributed by atoms with van der Waals surface area (Å²) in [6.07, 6.45) is 5.84. The lowest BCUT2D eigenvalue weighted by molar-refractivity contribution is 1.15. The SMILES string of the molecule is N#Cc1cccc(-c2cc(-c3ccccc3)cc(-n3c4ccccc4c4cc(-c5ccc6c(c5)c5ccncc5n6-c5cccc(-c6ccc(-c7ncc8c(n7)c7cc(-c9ccc%10c(c9)c9ccc(-c%11cccc(C#N)c%11)cc9n%10-c9ccccc9)ccc7n8-c7ccccc7)cc6)c5)ccc43)c2)c1. The Labute approximate surface area is 597 Å². The first-order valence-corrected chi connectivity index (χ1v) is 34.8. The lowest BCUT2D eigenvalue weighted by Crippen LogP contribution is -1.96. The maximum absolute atomic E-state index is 9.89. The Morgan fingerprint density at radius 3 is 1.26 bits per heavy atom. The summed E-state index contributed by atoms with van der Waals surface area (Å²) in [5, 5.41) is 27.6. The molecule has 0 unspecified atom stereocenters. The van der Waals surface area contributed by atoms with Gasteiger partial charge in [0.05, 0.1) is 79.8 Å². The number of fused-ring (bicyclic) bond motifs is 12. The van der Waals surface area contributed by atoms with E-state index in [0.717, 1.165) is 177 Å². The van der Waals surface area contributed by atoms with E-state index in [0.29, 0.717) is 17.0 Å². The van der Waals surface area contributed by atoms with Gasteiger partial charge in [-0.2, -0.15) is 10.5 Å². The fourth-order valence-corrected chi connectivity index (χ4v) is 15.8. The third-order valence-corrected chi connectivity index (χ3v) is 20.7. The molecular formula is C95H57N9. The minimum atomic E-state index is 0.629. The van der Waals surface area contributed by atoms with E-state index in [2.05, 4.69) is 309 Å². The maximum atomic E-state index is 9.89. The summed E-state index contributed by atoms with van der Waals surface area (Å²) in [6.45, 7) is 0. The Bertz CT molecular complexity index is 6980. The monoisotopic (exact) mass is 1320 g/mol. The normalized spacial score (nSPS) is 11.6. The molecule has 0 spiro atoms. The molecular weight excluding hydrogens is 1270 g/mol. The molecule has 9 heteroatoms. The van der Waals surface area contributed by atoms with Gasteiger partial charge in [-0.3, -0.25) is 4.98 Å². The van der Waals surface area contributed by atoms with Crippen LogP contribution in [0.2, 0.25) is 0 Å². The standard InChI is InChI=1S/C95H57N9/c96-56-60-15-12-19-65(45-60)72-33-38-80-83-52-70(34-39-87(83)101(91(80)55-72)75-22-6-2-7-23-75)71-37-42-90-85(54-71)94-93(102(90)76-24-8-3-9-25-76)59-99-95(100-94)64-31-29-63(30-32-64)67-21-14-26-77(48-67)103-88-40-35-69(53-84(88)81-43-44-98-58-92(81)103)68-36-41-89-82(51-68)79-27-10-11-28-86(79)104(89)78-49-73(62-17-4-1-5-18-62)47-74(50-78)66-20-13-16-61(46-66)57-97/h1-55,58-59H. The Morgan fingerprint density at radius 1 is 0.231 bits per heavy atom. The summed E-state index contributed by atoms with van der Waals surface area (Å²) in [7, 11) is 0. The van der Waals surface area contributed by atoms with E-state index in [1.807, 2.05) is 67.1 Å². The molecule has 6 aromatic heterocycles. The van der Waals surface area contributed by atoms with Gasteiger partial charge in [0.15, 0.2) is 5.82 Å². The number of nitriles is 2. The number of hydrogen-bond donors (Lipinski definition) is 0. The van der Waals surface area contributed by atoms with Gasteiger partial charge in [0.2, 0.25) is 0 Å². The zero-order chi connectivity index (χ0) is 68.9. The summed E-state index contributed by atoms with van der Waals surface area (Å²) in [6, 6.07) is 121. The van der Waals surface area contributed by atoms with E-state index in [1.165, 1.54) is 5.39 Å². The van der Waals surface area contributed by atoms with E-state index in [4.69, 9.17) is 15.0 Å². The number of hydrogen-bond acceptors (Lipinski definition) is 5. The zero-order valence-electron chi connectivity index (χ0n) is 55.9. The zero-order valence-corrected chi connectivity index (χ0v) is 55.9. The third-order valence-electron chi connectivity index (χ3n) is 20.7. The van der Waals surface area contributed by atoms with Crippen molar-refractivity contribution >= 4 is 87.4 Å². The van der Waals surface area contributed by atoms with Crippen molar-refractivity contribution in [2.24, 2.45) is 0 Å². The number of rotatable bonds is 11. The molecule has 0 N–H and O–H groups in total. The van der Waals surface area contributed by atoms with Crippen LogP contribution in [0.4, 0.5) is 0 Å². The van der Waals surface area contributed by atoms with Crippen LogP contribution < -0.4 is 0 Å². The van der Waals surface area contributed by atoms with Gasteiger partial charge in [-0.05, 0) is 212 Å².